The second-order valence-electron chi connectivity index (χ2n) is 6.58. The normalized spacial score (nSPS) is 10.6. The number of aromatic nitrogens is 2. The molecule has 0 radical (unpaired) electrons. The monoisotopic (exact) mass is 403 g/mol. The molecule has 0 atom stereocenters. The van der Waals surface area contributed by atoms with Gasteiger partial charge in [0.1, 0.15) is 11.6 Å². The van der Waals surface area contributed by atoms with Crippen molar-refractivity contribution < 1.29 is 18.4 Å². The zero-order valence-electron chi connectivity index (χ0n) is 16.1. The first-order valence-corrected chi connectivity index (χ1v) is 9.23. The molecule has 30 heavy (non-hydrogen) atoms. The Hall–Kier alpha value is -4.00. The van der Waals surface area contributed by atoms with Crippen LogP contribution in [0.25, 0.3) is 22.8 Å². The molecule has 0 saturated heterocycles. The van der Waals surface area contributed by atoms with Crippen molar-refractivity contribution in [1.82, 2.24) is 10.1 Å². The predicted octanol–water partition coefficient (Wildman–Crippen LogP) is 4.73. The Bertz CT molecular complexity index is 1140. The van der Waals surface area contributed by atoms with Gasteiger partial charge >= 0.3 is 0 Å². The van der Waals surface area contributed by atoms with Crippen LogP contribution in [-0.2, 0) is 11.2 Å². The van der Waals surface area contributed by atoms with Crippen LogP contribution in [0.1, 0.15) is 5.56 Å². The van der Waals surface area contributed by atoms with E-state index < -0.39 is 0 Å². The third kappa shape index (κ3) is 4.52. The lowest BCUT2D eigenvalue weighted by Crippen LogP contribution is -2.14. The summed E-state index contributed by atoms with van der Waals surface area (Å²) in [6.45, 7) is 0. The second-order valence-corrected chi connectivity index (χ2v) is 6.58. The van der Waals surface area contributed by atoms with E-state index in [2.05, 4.69) is 15.5 Å². The van der Waals surface area contributed by atoms with Gasteiger partial charge in [0.15, 0.2) is 0 Å². The van der Waals surface area contributed by atoms with Gasteiger partial charge in [-0.1, -0.05) is 17.3 Å². The fourth-order valence-electron chi connectivity index (χ4n) is 2.89. The van der Waals surface area contributed by atoms with Crippen LogP contribution in [0, 0.1) is 5.82 Å². The number of hydrogen-bond donors (Lipinski definition) is 1. The highest BCUT2D eigenvalue weighted by Crippen LogP contribution is 2.24. The zero-order valence-corrected chi connectivity index (χ0v) is 16.1. The molecule has 0 saturated carbocycles. The molecular formula is C23H18FN3O3. The summed E-state index contributed by atoms with van der Waals surface area (Å²) in [7, 11) is 1.60. The number of amides is 1. The molecule has 1 heterocycles. The average molecular weight is 403 g/mol. The minimum absolute atomic E-state index is 0.121. The van der Waals surface area contributed by atoms with Gasteiger partial charge in [-0.25, -0.2) is 4.39 Å². The van der Waals surface area contributed by atoms with Crippen LogP contribution < -0.4 is 10.1 Å². The highest BCUT2D eigenvalue weighted by molar-refractivity contribution is 5.92. The van der Waals surface area contributed by atoms with Gasteiger partial charge in [-0.05, 0) is 66.2 Å². The van der Waals surface area contributed by atoms with E-state index >= 15 is 0 Å². The summed E-state index contributed by atoms with van der Waals surface area (Å²) >= 11 is 0. The third-order valence-corrected chi connectivity index (χ3v) is 4.47. The number of carbonyl (C=O) groups is 1. The van der Waals surface area contributed by atoms with Gasteiger partial charge in [0, 0.05) is 16.8 Å². The maximum absolute atomic E-state index is 13.1. The Morgan fingerprint density at radius 1 is 0.967 bits per heavy atom. The van der Waals surface area contributed by atoms with E-state index in [0.29, 0.717) is 28.5 Å². The molecule has 0 aliphatic carbocycles. The molecule has 4 aromatic rings. The maximum Gasteiger partial charge on any atom is 0.258 e. The average Bonchev–Trinajstić information content (AvgIpc) is 3.25. The zero-order chi connectivity index (χ0) is 20.9. The largest absolute Gasteiger partial charge is 0.497 e. The lowest BCUT2D eigenvalue weighted by molar-refractivity contribution is -0.115. The topological polar surface area (TPSA) is 77.2 Å². The molecule has 1 N–H and O–H groups in total. The van der Waals surface area contributed by atoms with Gasteiger partial charge in [-0.2, -0.15) is 4.98 Å². The first-order valence-electron chi connectivity index (χ1n) is 9.23. The number of carbonyl (C=O) groups excluding carboxylic acids is 1. The Morgan fingerprint density at radius 2 is 1.63 bits per heavy atom. The third-order valence-electron chi connectivity index (χ3n) is 4.47. The van der Waals surface area contributed by atoms with Gasteiger partial charge in [0.2, 0.25) is 11.7 Å². The fourth-order valence-corrected chi connectivity index (χ4v) is 2.89. The number of halogens is 1. The number of nitrogens with one attached hydrogen (secondary N) is 1. The number of methoxy groups -OCH3 is 1. The minimum Gasteiger partial charge on any atom is -0.497 e. The lowest BCUT2D eigenvalue weighted by Gasteiger charge is -2.06. The van der Waals surface area contributed by atoms with E-state index in [4.69, 9.17) is 9.26 Å². The van der Waals surface area contributed by atoms with E-state index in [9.17, 15) is 9.18 Å². The Labute approximate surface area is 172 Å². The molecule has 4 rings (SSSR count). The van der Waals surface area contributed by atoms with Crippen molar-refractivity contribution in [3.05, 3.63) is 84.2 Å². The standard InChI is InChI=1S/C23H18FN3O3/c1-29-20-12-2-15(3-13-20)14-21(28)25-19-10-6-17(7-11-19)23-26-22(27-30-23)16-4-8-18(24)9-5-16/h2-13H,14H2,1H3,(H,25,28). The predicted molar refractivity (Wildman–Crippen MR) is 110 cm³/mol. The van der Waals surface area contributed by atoms with Crippen LogP contribution in [0.15, 0.2) is 77.3 Å². The number of ether oxygens (including phenoxy) is 1. The molecule has 0 aliphatic heterocycles. The number of hydrogen-bond acceptors (Lipinski definition) is 5. The summed E-state index contributed by atoms with van der Waals surface area (Å²) in [6.07, 6.45) is 0.260. The van der Waals surface area contributed by atoms with E-state index in [1.54, 1.807) is 43.5 Å². The fraction of sp³-hybridized carbons (Fsp3) is 0.0870. The van der Waals surface area contributed by atoms with E-state index in [0.717, 1.165) is 11.3 Å². The van der Waals surface area contributed by atoms with Gasteiger partial charge in [-0.15, -0.1) is 0 Å². The number of anilines is 1. The van der Waals surface area contributed by atoms with Crippen LogP contribution in [0.5, 0.6) is 5.75 Å². The molecule has 0 unspecified atom stereocenters. The highest BCUT2D eigenvalue weighted by Gasteiger charge is 2.11. The molecular weight excluding hydrogens is 385 g/mol. The van der Waals surface area contributed by atoms with E-state index in [1.807, 2.05) is 24.3 Å². The van der Waals surface area contributed by atoms with Gasteiger partial charge in [0.05, 0.1) is 13.5 Å². The van der Waals surface area contributed by atoms with E-state index in [-0.39, 0.29) is 18.1 Å². The van der Waals surface area contributed by atoms with Crippen LogP contribution >= 0.6 is 0 Å². The summed E-state index contributed by atoms with van der Waals surface area (Å²) in [6, 6.07) is 20.3. The van der Waals surface area contributed by atoms with Crippen molar-refractivity contribution in [3.8, 4) is 28.6 Å². The SMILES string of the molecule is COc1ccc(CC(=O)Nc2ccc(-c3nc(-c4ccc(F)cc4)no3)cc2)cc1. The summed E-state index contributed by atoms with van der Waals surface area (Å²) in [5, 5.41) is 6.80. The smallest absolute Gasteiger partial charge is 0.258 e. The van der Waals surface area contributed by atoms with Crippen LogP contribution in [-0.4, -0.2) is 23.2 Å². The van der Waals surface area contributed by atoms with Gasteiger partial charge in [0.25, 0.3) is 5.89 Å². The molecule has 1 aromatic heterocycles. The molecule has 0 bridgehead atoms. The van der Waals surface area contributed by atoms with Crippen molar-refractivity contribution in [2.24, 2.45) is 0 Å². The molecule has 150 valence electrons. The first-order chi connectivity index (χ1) is 14.6. The lowest BCUT2D eigenvalue weighted by atomic mass is 10.1. The van der Waals surface area contributed by atoms with Crippen LogP contribution in [0.4, 0.5) is 10.1 Å². The van der Waals surface area contributed by atoms with Gasteiger partial charge in [-0.3, -0.25) is 4.79 Å². The molecule has 1 amide bonds. The Balaban J connectivity index is 1.40. The van der Waals surface area contributed by atoms with Crippen LogP contribution in [0.3, 0.4) is 0 Å². The van der Waals surface area contributed by atoms with E-state index in [1.165, 1.54) is 12.1 Å². The van der Waals surface area contributed by atoms with Crippen molar-refractivity contribution in [2.75, 3.05) is 12.4 Å². The summed E-state index contributed by atoms with van der Waals surface area (Å²) in [5.74, 6) is 1.02. The summed E-state index contributed by atoms with van der Waals surface area (Å²) in [4.78, 5) is 16.6. The van der Waals surface area contributed by atoms with Crippen molar-refractivity contribution >= 4 is 11.6 Å². The molecule has 7 heteroatoms. The molecule has 0 aliphatic rings. The Kier molecular flexibility index (Phi) is 5.52. The molecule has 0 fully saturated rings. The second kappa shape index (κ2) is 8.57. The minimum atomic E-state index is -0.327. The number of rotatable bonds is 6. The maximum atomic E-state index is 13.1. The number of benzene rings is 3. The molecule has 3 aromatic carbocycles. The molecule has 0 spiro atoms. The van der Waals surface area contributed by atoms with Crippen molar-refractivity contribution in [2.45, 2.75) is 6.42 Å². The first kappa shape index (κ1) is 19.3. The van der Waals surface area contributed by atoms with Crippen molar-refractivity contribution in [3.63, 3.8) is 0 Å². The van der Waals surface area contributed by atoms with Gasteiger partial charge < -0.3 is 14.6 Å². The van der Waals surface area contributed by atoms with Crippen molar-refractivity contribution in [1.29, 1.82) is 0 Å². The number of nitrogens with zero attached hydrogens (tertiary/aromatic N) is 2. The Morgan fingerprint density at radius 3 is 2.30 bits per heavy atom. The summed E-state index contributed by atoms with van der Waals surface area (Å²) in [5.41, 5.74) is 2.93. The highest BCUT2D eigenvalue weighted by atomic mass is 19.1. The van der Waals surface area contributed by atoms with Crippen LogP contribution in [0.2, 0.25) is 0 Å². The molecule has 6 nitrogen and oxygen atoms in total. The quantitative estimate of drug-likeness (QED) is 0.504. The summed E-state index contributed by atoms with van der Waals surface area (Å²) < 4.78 is 23.5.